The van der Waals surface area contributed by atoms with Crippen LogP contribution < -0.4 is 5.32 Å². The topological polar surface area (TPSA) is 24.9 Å². The fraction of sp³-hybridized carbons (Fsp3) is 0.357. The predicted octanol–water partition coefficient (Wildman–Crippen LogP) is 2.84. The van der Waals surface area contributed by atoms with E-state index in [4.69, 9.17) is 0 Å². The van der Waals surface area contributed by atoms with E-state index in [0.717, 1.165) is 36.8 Å². The Morgan fingerprint density at radius 3 is 2.82 bits per heavy atom. The number of hydrogen-bond donors (Lipinski definition) is 1. The van der Waals surface area contributed by atoms with Crippen molar-refractivity contribution in [3.63, 3.8) is 0 Å². The number of rotatable bonds is 1. The van der Waals surface area contributed by atoms with Crippen molar-refractivity contribution in [1.82, 2.24) is 10.3 Å². The van der Waals surface area contributed by atoms with Crippen LogP contribution in [0, 0.1) is 5.82 Å². The van der Waals surface area contributed by atoms with Gasteiger partial charge in [0.2, 0.25) is 0 Å². The maximum atomic E-state index is 13.3. The number of aromatic nitrogens is 1. The van der Waals surface area contributed by atoms with Gasteiger partial charge in [0.1, 0.15) is 5.82 Å². The van der Waals surface area contributed by atoms with Gasteiger partial charge in [-0.15, -0.1) is 0 Å². The number of piperidine rings is 1. The molecule has 1 aliphatic heterocycles. The fourth-order valence-electron chi connectivity index (χ4n) is 2.63. The summed E-state index contributed by atoms with van der Waals surface area (Å²) in [5.41, 5.74) is 2.14. The Labute approximate surface area is 99.9 Å². The number of halogens is 1. The van der Waals surface area contributed by atoms with E-state index in [-0.39, 0.29) is 5.82 Å². The zero-order valence-electron chi connectivity index (χ0n) is 9.62. The van der Waals surface area contributed by atoms with Crippen molar-refractivity contribution in [2.24, 2.45) is 0 Å². The van der Waals surface area contributed by atoms with Gasteiger partial charge in [0, 0.05) is 11.6 Å². The van der Waals surface area contributed by atoms with Crippen molar-refractivity contribution in [1.29, 1.82) is 0 Å². The lowest BCUT2D eigenvalue weighted by Crippen LogP contribution is -2.26. The molecule has 1 aromatic carbocycles. The van der Waals surface area contributed by atoms with E-state index in [1.54, 1.807) is 12.1 Å². The molecule has 0 bridgehead atoms. The molecule has 0 aliphatic carbocycles. The SMILES string of the molecule is Fc1ccc2nccc(C3CCNCC3)c2c1. The Bertz CT molecular complexity index is 533. The second kappa shape index (κ2) is 4.41. The van der Waals surface area contributed by atoms with Crippen LogP contribution in [0.2, 0.25) is 0 Å². The fourth-order valence-corrected chi connectivity index (χ4v) is 2.63. The van der Waals surface area contributed by atoms with Gasteiger partial charge in [0.05, 0.1) is 5.52 Å². The Morgan fingerprint density at radius 1 is 1.18 bits per heavy atom. The molecular weight excluding hydrogens is 215 g/mol. The molecule has 3 heteroatoms. The zero-order valence-corrected chi connectivity index (χ0v) is 9.62. The highest BCUT2D eigenvalue weighted by atomic mass is 19.1. The van der Waals surface area contributed by atoms with Crippen LogP contribution in [-0.2, 0) is 0 Å². The third-order valence-electron chi connectivity index (χ3n) is 3.52. The van der Waals surface area contributed by atoms with Crippen molar-refractivity contribution in [2.45, 2.75) is 18.8 Å². The van der Waals surface area contributed by atoms with Gasteiger partial charge in [0.25, 0.3) is 0 Å². The average Bonchev–Trinajstić information content (AvgIpc) is 2.39. The minimum atomic E-state index is -0.180. The van der Waals surface area contributed by atoms with Crippen molar-refractivity contribution in [3.8, 4) is 0 Å². The molecule has 2 aromatic rings. The molecule has 2 nitrogen and oxygen atoms in total. The average molecular weight is 230 g/mol. The maximum absolute atomic E-state index is 13.3. The highest BCUT2D eigenvalue weighted by Crippen LogP contribution is 2.30. The van der Waals surface area contributed by atoms with Gasteiger partial charge in [-0.2, -0.15) is 0 Å². The van der Waals surface area contributed by atoms with E-state index < -0.39 is 0 Å². The lowest BCUT2D eigenvalue weighted by Gasteiger charge is -2.24. The molecule has 1 N–H and O–H groups in total. The Kier molecular flexibility index (Phi) is 2.77. The molecule has 0 radical (unpaired) electrons. The third kappa shape index (κ3) is 2.03. The number of fused-ring (bicyclic) bond motifs is 1. The second-order valence-electron chi connectivity index (χ2n) is 4.59. The summed E-state index contributed by atoms with van der Waals surface area (Å²) < 4.78 is 13.3. The first kappa shape index (κ1) is 10.7. The highest BCUT2D eigenvalue weighted by molar-refractivity contribution is 5.82. The zero-order chi connectivity index (χ0) is 11.7. The van der Waals surface area contributed by atoms with Gasteiger partial charge >= 0.3 is 0 Å². The minimum Gasteiger partial charge on any atom is -0.317 e. The molecule has 88 valence electrons. The first-order chi connectivity index (χ1) is 8.34. The number of hydrogen-bond acceptors (Lipinski definition) is 2. The lowest BCUT2D eigenvalue weighted by atomic mass is 9.88. The number of benzene rings is 1. The highest BCUT2D eigenvalue weighted by Gasteiger charge is 2.17. The van der Waals surface area contributed by atoms with Crippen molar-refractivity contribution < 1.29 is 4.39 Å². The Hall–Kier alpha value is -1.48. The van der Waals surface area contributed by atoms with Gasteiger partial charge in [-0.1, -0.05) is 0 Å². The monoisotopic (exact) mass is 230 g/mol. The maximum Gasteiger partial charge on any atom is 0.123 e. The number of nitrogens with zero attached hydrogens (tertiary/aromatic N) is 1. The van der Waals surface area contributed by atoms with Crippen LogP contribution in [0.15, 0.2) is 30.5 Å². The van der Waals surface area contributed by atoms with Crippen LogP contribution >= 0.6 is 0 Å². The molecule has 1 fully saturated rings. The minimum absolute atomic E-state index is 0.180. The molecule has 0 spiro atoms. The third-order valence-corrected chi connectivity index (χ3v) is 3.52. The number of nitrogens with one attached hydrogen (secondary N) is 1. The van der Waals surface area contributed by atoms with Crippen LogP contribution in [0.3, 0.4) is 0 Å². The van der Waals surface area contributed by atoms with Crippen molar-refractivity contribution in [2.75, 3.05) is 13.1 Å². The van der Waals surface area contributed by atoms with Crippen LogP contribution in [0.25, 0.3) is 10.9 Å². The molecule has 0 unspecified atom stereocenters. The van der Waals surface area contributed by atoms with E-state index in [1.807, 2.05) is 12.3 Å². The summed E-state index contributed by atoms with van der Waals surface area (Å²) in [7, 11) is 0. The summed E-state index contributed by atoms with van der Waals surface area (Å²) in [5, 5.41) is 4.33. The van der Waals surface area contributed by atoms with Gasteiger partial charge in [-0.05, 0) is 61.7 Å². The molecule has 0 saturated carbocycles. The largest absolute Gasteiger partial charge is 0.317 e. The summed E-state index contributed by atoms with van der Waals surface area (Å²) in [6, 6.07) is 6.88. The van der Waals surface area contributed by atoms with Crippen molar-refractivity contribution in [3.05, 3.63) is 41.8 Å². The first-order valence-electron chi connectivity index (χ1n) is 6.09. The summed E-state index contributed by atoms with van der Waals surface area (Å²) >= 11 is 0. The summed E-state index contributed by atoms with van der Waals surface area (Å²) in [4.78, 5) is 4.30. The van der Waals surface area contributed by atoms with E-state index >= 15 is 0 Å². The molecule has 2 heterocycles. The van der Waals surface area contributed by atoms with Crippen LogP contribution in [0.1, 0.15) is 24.3 Å². The van der Waals surface area contributed by atoms with E-state index in [1.165, 1.54) is 11.6 Å². The molecule has 17 heavy (non-hydrogen) atoms. The number of pyridine rings is 1. The van der Waals surface area contributed by atoms with Gasteiger partial charge in [0.15, 0.2) is 0 Å². The normalized spacial score (nSPS) is 17.5. The predicted molar refractivity (Wildman–Crippen MR) is 66.5 cm³/mol. The molecular formula is C14H15FN2. The van der Waals surface area contributed by atoms with E-state index in [9.17, 15) is 4.39 Å². The second-order valence-corrected chi connectivity index (χ2v) is 4.59. The molecule has 3 rings (SSSR count). The van der Waals surface area contributed by atoms with E-state index in [0.29, 0.717) is 5.92 Å². The summed E-state index contributed by atoms with van der Waals surface area (Å²) in [5.74, 6) is 0.351. The van der Waals surface area contributed by atoms with Crippen molar-refractivity contribution >= 4 is 10.9 Å². The standard InChI is InChI=1S/C14H15FN2/c15-11-1-2-14-13(9-11)12(5-8-17-14)10-3-6-16-7-4-10/h1-2,5,8-10,16H,3-4,6-7H2. The Balaban J connectivity index is 2.11. The van der Waals surface area contributed by atoms with E-state index in [2.05, 4.69) is 10.3 Å². The molecule has 1 saturated heterocycles. The summed E-state index contributed by atoms with van der Waals surface area (Å²) in [6.45, 7) is 2.09. The van der Waals surface area contributed by atoms with Crippen LogP contribution in [-0.4, -0.2) is 18.1 Å². The summed E-state index contributed by atoms with van der Waals surface area (Å²) in [6.07, 6.45) is 4.07. The van der Waals surface area contributed by atoms with Gasteiger partial charge < -0.3 is 5.32 Å². The first-order valence-corrected chi connectivity index (χ1v) is 6.09. The van der Waals surface area contributed by atoms with Gasteiger partial charge in [-0.3, -0.25) is 4.98 Å². The molecule has 0 atom stereocenters. The molecule has 1 aliphatic rings. The smallest absolute Gasteiger partial charge is 0.123 e. The van der Waals surface area contributed by atoms with Gasteiger partial charge in [-0.25, -0.2) is 4.39 Å². The molecule has 0 amide bonds. The molecule has 1 aromatic heterocycles. The Morgan fingerprint density at radius 2 is 2.00 bits per heavy atom. The lowest BCUT2D eigenvalue weighted by molar-refractivity contribution is 0.462. The van der Waals surface area contributed by atoms with Crippen LogP contribution in [0.4, 0.5) is 4.39 Å². The quantitative estimate of drug-likeness (QED) is 0.814. The van der Waals surface area contributed by atoms with Crippen LogP contribution in [0.5, 0.6) is 0 Å².